The smallest absolute Gasteiger partial charge is 0.135 e. The Labute approximate surface area is 150 Å². The number of nitrogens with one attached hydrogen (secondary N) is 1. The van der Waals surface area contributed by atoms with Gasteiger partial charge in [0.1, 0.15) is 16.8 Å². The van der Waals surface area contributed by atoms with Gasteiger partial charge in [0.05, 0.1) is 12.0 Å². The summed E-state index contributed by atoms with van der Waals surface area (Å²) < 4.78 is 2.06. The molecule has 4 aromatic rings. The second-order valence-corrected chi connectivity index (χ2v) is 6.45. The largest absolute Gasteiger partial charge is 0.329 e. The fourth-order valence-corrected chi connectivity index (χ4v) is 3.14. The lowest BCUT2D eigenvalue weighted by Gasteiger charge is -2.09. The van der Waals surface area contributed by atoms with Crippen LogP contribution in [0, 0.1) is 0 Å². The van der Waals surface area contributed by atoms with E-state index in [4.69, 9.17) is 0 Å². The molecule has 0 spiro atoms. The van der Waals surface area contributed by atoms with Crippen LogP contribution in [0.4, 0.5) is 0 Å². The van der Waals surface area contributed by atoms with Gasteiger partial charge in [-0.1, -0.05) is 36.4 Å². The van der Waals surface area contributed by atoms with Crippen LogP contribution < -0.4 is 0 Å². The fraction of sp³-hybridized carbons (Fsp3) is 0.200. The number of hydrogen-bond donors (Lipinski definition) is 1. The highest BCUT2D eigenvalue weighted by Gasteiger charge is 2.14. The first-order valence-electron chi connectivity index (χ1n) is 8.54. The molecule has 2 aromatic heterocycles. The van der Waals surface area contributed by atoms with E-state index in [1.54, 1.807) is 6.92 Å². The highest BCUT2D eigenvalue weighted by molar-refractivity contribution is 5.78. The summed E-state index contributed by atoms with van der Waals surface area (Å²) in [6.45, 7) is 2.26. The molecule has 0 bridgehead atoms. The number of fused-ring (bicyclic) bond motifs is 1. The Morgan fingerprint density at radius 3 is 2.65 bits per heavy atom. The van der Waals surface area contributed by atoms with Crippen molar-refractivity contribution in [2.24, 2.45) is 0 Å². The quantitative estimate of drug-likeness (QED) is 0.583. The highest BCUT2D eigenvalue weighted by Crippen LogP contribution is 2.18. The molecule has 0 radical (unpaired) electrons. The second-order valence-electron chi connectivity index (χ2n) is 6.45. The SMILES string of the molecule is CC(=O)Cc1c(Cc2ccccc2)ncn1Cc1ccc2n[nH]nc2c1. The van der Waals surface area contributed by atoms with Crippen LogP contribution in [-0.4, -0.2) is 30.7 Å². The lowest BCUT2D eigenvalue weighted by Crippen LogP contribution is -2.09. The molecule has 0 saturated heterocycles. The third-order valence-corrected chi connectivity index (χ3v) is 4.40. The van der Waals surface area contributed by atoms with E-state index in [-0.39, 0.29) is 5.78 Å². The summed E-state index contributed by atoms with van der Waals surface area (Å²) in [6.07, 6.45) is 2.93. The highest BCUT2D eigenvalue weighted by atomic mass is 16.1. The fourth-order valence-electron chi connectivity index (χ4n) is 3.14. The van der Waals surface area contributed by atoms with Crippen LogP contribution in [-0.2, 0) is 24.2 Å². The van der Waals surface area contributed by atoms with Gasteiger partial charge < -0.3 is 4.57 Å². The number of carbonyl (C=O) groups is 1. The van der Waals surface area contributed by atoms with Gasteiger partial charge in [0, 0.05) is 25.1 Å². The van der Waals surface area contributed by atoms with Gasteiger partial charge in [0.15, 0.2) is 0 Å². The lowest BCUT2D eigenvalue weighted by atomic mass is 10.1. The molecule has 0 unspecified atom stereocenters. The minimum Gasteiger partial charge on any atom is -0.329 e. The summed E-state index contributed by atoms with van der Waals surface area (Å²) in [7, 11) is 0. The molecule has 0 aliphatic carbocycles. The van der Waals surface area contributed by atoms with E-state index in [0.29, 0.717) is 13.0 Å². The number of aromatic amines is 1. The Bertz CT molecular complexity index is 1050. The summed E-state index contributed by atoms with van der Waals surface area (Å²) >= 11 is 0. The zero-order valence-electron chi connectivity index (χ0n) is 14.5. The zero-order valence-corrected chi connectivity index (χ0v) is 14.5. The standard InChI is InChI=1S/C20H19N5O/c1-14(26)9-20-19(10-15-5-3-2-4-6-15)21-13-25(20)12-16-7-8-17-18(11-16)23-24-22-17/h2-8,11,13H,9-10,12H2,1H3,(H,22,23,24). The Morgan fingerprint density at radius 1 is 1.04 bits per heavy atom. The number of carbonyl (C=O) groups excluding carboxylic acids is 1. The van der Waals surface area contributed by atoms with Crippen LogP contribution in [0.2, 0.25) is 0 Å². The summed E-state index contributed by atoms with van der Waals surface area (Å²) in [5, 5.41) is 10.8. The minimum absolute atomic E-state index is 0.132. The maximum atomic E-state index is 11.8. The summed E-state index contributed by atoms with van der Waals surface area (Å²) in [5.74, 6) is 0.132. The molecule has 130 valence electrons. The molecule has 0 atom stereocenters. The van der Waals surface area contributed by atoms with Crippen LogP contribution >= 0.6 is 0 Å². The van der Waals surface area contributed by atoms with Gasteiger partial charge in [-0.05, 0) is 30.2 Å². The van der Waals surface area contributed by atoms with Gasteiger partial charge in [0.2, 0.25) is 0 Å². The number of nitrogens with zero attached hydrogens (tertiary/aromatic N) is 4. The molecule has 0 fully saturated rings. The third kappa shape index (κ3) is 3.39. The van der Waals surface area contributed by atoms with Gasteiger partial charge in [-0.3, -0.25) is 4.79 Å². The molecule has 2 aromatic carbocycles. The van der Waals surface area contributed by atoms with Gasteiger partial charge in [-0.2, -0.15) is 15.4 Å². The number of rotatable bonds is 6. The Hall–Kier alpha value is -3.28. The first-order chi connectivity index (χ1) is 12.7. The predicted molar refractivity (Wildman–Crippen MR) is 98.9 cm³/mol. The average molecular weight is 345 g/mol. The van der Waals surface area contributed by atoms with Crippen molar-refractivity contribution in [1.29, 1.82) is 0 Å². The van der Waals surface area contributed by atoms with E-state index >= 15 is 0 Å². The van der Waals surface area contributed by atoms with E-state index < -0.39 is 0 Å². The molecule has 6 heteroatoms. The zero-order chi connectivity index (χ0) is 17.9. The van der Waals surface area contributed by atoms with E-state index in [2.05, 4.69) is 37.1 Å². The van der Waals surface area contributed by atoms with Crippen LogP contribution in [0.5, 0.6) is 0 Å². The first-order valence-corrected chi connectivity index (χ1v) is 8.54. The summed E-state index contributed by atoms with van der Waals surface area (Å²) in [6, 6.07) is 16.2. The molecule has 0 amide bonds. The lowest BCUT2D eigenvalue weighted by molar-refractivity contribution is -0.116. The van der Waals surface area contributed by atoms with Crippen molar-refractivity contribution in [3.8, 4) is 0 Å². The number of imidazole rings is 1. The Balaban J connectivity index is 1.65. The molecule has 0 aliphatic rings. The van der Waals surface area contributed by atoms with E-state index in [0.717, 1.165) is 34.4 Å². The van der Waals surface area contributed by atoms with Crippen molar-refractivity contribution in [2.75, 3.05) is 0 Å². The number of Topliss-reactive ketones (excluding diaryl/α,β-unsaturated/α-hetero) is 1. The van der Waals surface area contributed by atoms with Crippen LogP contribution in [0.15, 0.2) is 54.9 Å². The number of H-pyrrole nitrogens is 1. The van der Waals surface area contributed by atoms with Crippen molar-refractivity contribution >= 4 is 16.8 Å². The Kier molecular flexibility index (Phi) is 4.31. The number of hydrogen-bond acceptors (Lipinski definition) is 4. The normalized spacial score (nSPS) is 11.1. The second kappa shape index (κ2) is 6.92. The number of aromatic nitrogens is 5. The monoisotopic (exact) mass is 345 g/mol. The van der Waals surface area contributed by atoms with Gasteiger partial charge in [-0.15, -0.1) is 0 Å². The van der Waals surface area contributed by atoms with E-state index in [9.17, 15) is 4.79 Å². The number of ketones is 1. The van der Waals surface area contributed by atoms with Crippen LogP contribution in [0.1, 0.15) is 29.4 Å². The van der Waals surface area contributed by atoms with Gasteiger partial charge in [0.25, 0.3) is 0 Å². The predicted octanol–water partition coefficient (Wildman–Crippen LogP) is 2.93. The Morgan fingerprint density at radius 2 is 1.85 bits per heavy atom. The molecule has 2 heterocycles. The van der Waals surface area contributed by atoms with Gasteiger partial charge >= 0.3 is 0 Å². The van der Waals surface area contributed by atoms with Crippen LogP contribution in [0.25, 0.3) is 11.0 Å². The maximum Gasteiger partial charge on any atom is 0.135 e. The molecule has 0 aliphatic heterocycles. The maximum absolute atomic E-state index is 11.8. The minimum atomic E-state index is 0.132. The van der Waals surface area contributed by atoms with Crippen molar-refractivity contribution in [2.45, 2.75) is 26.3 Å². The van der Waals surface area contributed by atoms with E-state index in [1.165, 1.54) is 5.56 Å². The molecular formula is C20H19N5O. The van der Waals surface area contributed by atoms with Crippen molar-refractivity contribution in [1.82, 2.24) is 25.0 Å². The summed E-state index contributed by atoms with van der Waals surface area (Å²) in [4.78, 5) is 16.4. The van der Waals surface area contributed by atoms with Crippen molar-refractivity contribution in [3.63, 3.8) is 0 Å². The first kappa shape index (κ1) is 16.2. The van der Waals surface area contributed by atoms with E-state index in [1.807, 2.05) is 42.7 Å². The average Bonchev–Trinajstić information content (AvgIpc) is 3.24. The molecule has 4 rings (SSSR count). The van der Waals surface area contributed by atoms with Crippen molar-refractivity contribution < 1.29 is 4.79 Å². The molecule has 0 saturated carbocycles. The third-order valence-electron chi connectivity index (χ3n) is 4.40. The summed E-state index contributed by atoms with van der Waals surface area (Å²) in [5.41, 5.74) is 5.88. The molecule has 1 N–H and O–H groups in total. The van der Waals surface area contributed by atoms with Crippen LogP contribution in [0.3, 0.4) is 0 Å². The van der Waals surface area contributed by atoms with Gasteiger partial charge in [-0.25, -0.2) is 4.98 Å². The number of benzene rings is 2. The topological polar surface area (TPSA) is 76.5 Å². The molecular weight excluding hydrogens is 326 g/mol. The van der Waals surface area contributed by atoms with Crippen molar-refractivity contribution in [3.05, 3.63) is 77.4 Å². The molecule has 26 heavy (non-hydrogen) atoms. The molecule has 6 nitrogen and oxygen atoms in total.